The summed E-state index contributed by atoms with van der Waals surface area (Å²) in [6.07, 6.45) is 7.74. The summed E-state index contributed by atoms with van der Waals surface area (Å²) in [6, 6.07) is 7.78. The highest BCUT2D eigenvalue weighted by molar-refractivity contribution is 5.34. The second-order valence-electron chi connectivity index (χ2n) is 6.02. The van der Waals surface area contributed by atoms with Gasteiger partial charge in [0.15, 0.2) is 0 Å². The van der Waals surface area contributed by atoms with Crippen LogP contribution < -0.4 is 5.32 Å². The average molecular weight is 299 g/mol. The molecule has 0 amide bonds. The summed E-state index contributed by atoms with van der Waals surface area (Å²) in [4.78, 5) is 4.74. The second kappa shape index (κ2) is 6.97. The van der Waals surface area contributed by atoms with Gasteiger partial charge in [0.05, 0.1) is 5.69 Å². The number of rotatable bonds is 6. The number of aromatic nitrogens is 2. The molecule has 0 aliphatic carbocycles. The van der Waals surface area contributed by atoms with Crippen molar-refractivity contribution in [2.75, 3.05) is 6.54 Å². The first kappa shape index (κ1) is 15.1. The smallest absolute Gasteiger partial charge is 0.120 e. The predicted octanol–water partition coefficient (Wildman–Crippen LogP) is 3.21. The number of para-hydroxylation sites is 1. The van der Waals surface area contributed by atoms with Crippen LogP contribution in [0.2, 0.25) is 0 Å². The van der Waals surface area contributed by atoms with Crippen molar-refractivity contribution in [3.63, 3.8) is 0 Å². The van der Waals surface area contributed by atoms with E-state index >= 15 is 0 Å². The Morgan fingerprint density at radius 2 is 2.18 bits per heavy atom. The maximum absolute atomic E-state index is 9.98. The number of aromatic hydroxyl groups is 1. The number of nitrogens with zero attached hydrogens (tertiary/aromatic N) is 2. The van der Waals surface area contributed by atoms with Gasteiger partial charge in [-0.25, -0.2) is 4.98 Å². The minimum atomic E-state index is 0.193. The second-order valence-corrected chi connectivity index (χ2v) is 6.02. The van der Waals surface area contributed by atoms with Gasteiger partial charge < -0.3 is 15.0 Å². The molecule has 0 fully saturated rings. The average Bonchev–Trinajstić information content (AvgIpc) is 2.95. The zero-order valence-corrected chi connectivity index (χ0v) is 13.3. The quantitative estimate of drug-likeness (QED) is 0.861. The molecule has 0 saturated heterocycles. The number of imidazole rings is 1. The van der Waals surface area contributed by atoms with Crippen LogP contribution in [0.1, 0.15) is 49.3 Å². The molecule has 2 heterocycles. The van der Waals surface area contributed by atoms with Crippen LogP contribution in [0.15, 0.2) is 30.5 Å². The minimum absolute atomic E-state index is 0.193. The first-order chi connectivity index (χ1) is 10.8. The van der Waals surface area contributed by atoms with Gasteiger partial charge in [-0.2, -0.15) is 0 Å². The van der Waals surface area contributed by atoms with E-state index in [9.17, 15) is 5.11 Å². The molecule has 4 heteroatoms. The van der Waals surface area contributed by atoms with Gasteiger partial charge in [0.2, 0.25) is 0 Å². The third kappa shape index (κ3) is 3.33. The van der Waals surface area contributed by atoms with E-state index in [2.05, 4.69) is 23.0 Å². The van der Waals surface area contributed by atoms with Gasteiger partial charge in [-0.3, -0.25) is 0 Å². The molecular weight excluding hydrogens is 274 g/mol. The largest absolute Gasteiger partial charge is 0.508 e. The molecule has 1 aromatic heterocycles. The summed E-state index contributed by atoms with van der Waals surface area (Å²) in [5, 5.41) is 13.5. The topological polar surface area (TPSA) is 50.1 Å². The third-order valence-corrected chi connectivity index (χ3v) is 4.45. The summed E-state index contributed by atoms with van der Waals surface area (Å²) < 4.78 is 2.30. The molecule has 1 aromatic carbocycles. The maximum Gasteiger partial charge on any atom is 0.120 e. The monoisotopic (exact) mass is 299 g/mol. The fourth-order valence-corrected chi connectivity index (χ4v) is 3.22. The van der Waals surface area contributed by atoms with Crippen LogP contribution >= 0.6 is 0 Å². The highest BCUT2D eigenvalue weighted by Crippen LogP contribution is 2.25. The van der Waals surface area contributed by atoms with Gasteiger partial charge >= 0.3 is 0 Å². The lowest BCUT2D eigenvalue weighted by Crippen LogP contribution is -2.23. The molecule has 2 N–H and O–H groups in total. The molecule has 118 valence electrons. The number of phenols is 1. The van der Waals surface area contributed by atoms with Crippen molar-refractivity contribution in [3.8, 4) is 5.75 Å². The normalized spacial score (nSPS) is 15.5. The van der Waals surface area contributed by atoms with E-state index in [1.807, 2.05) is 18.2 Å². The van der Waals surface area contributed by atoms with Gasteiger partial charge in [-0.15, -0.1) is 0 Å². The highest BCUT2D eigenvalue weighted by Gasteiger charge is 2.14. The molecule has 0 bridgehead atoms. The van der Waals surface area contributed by atoms with Gasteiger partial charge in [-0.05, 0) is 25.3 Å². The predicted molar refractivity (Wildman–Crippen MR) is 88.0 cm³/mol. The molecule has 0 saturated carbocycles. The molecule has 1 aliphatic rings. The van der Waals surface area contributed by atoms with E-state index in [1.54, 1.807) is 6.07 Å². The first-order valence-corrected chi connectivity index (χ1v) is 8.34. The molecule has 0 radical (unpaired) electrons. The first-order valence-electron chi connectivity index (χ1n) is 8.34. The number of aryl methyl sites for hydroxylation is 2. The number of hydrogen-bond donors (Lipinski definition) is 2. The van der Waals surface area contributed by atoms with E-state index in [4.69, 9.17) is 4.98 Å². The Morgan fingerprint density at radius 1 is 1.32 bits per heavy atom. The molecule has 1 atom stereocenters. The lowest BCUT2D eigenvalue weighted by atomic mass is 10.0. The Labute approximate surface area is 132 Å². The summed E-state index contributed by atoms with van der Waals surface area (Å²) in [6.45, 7) is 4.13. The summed E-state index contributed by atoms with van der Waals surface area (Å²) >= 11 is 0. The number of benzene rings is 1. The van der Waals surface area contributed by atoms with Crippen LogP contribution in [0.5, 0.6) is 5.75 Å². The molecule has 2 aromatic rings. The molecule has 4 nitrogen and oxygen atoms in total. The van der Waals surface area contributed by atoms with Crippen molar-refractivity contribution in [3.05, 3.63) is 47.5 Å². The fourth-order valence-electron chi connectivity index (χ4n) is 3.22. The fraction of sp³-hybridized carbons (Fsp3) is 0.500. The van der Waals surface area contributed by atoms with Crippen molar-refractivity contribution in [1.82, 2.24) is 14.9 Å². The summed E-state index contributed by atoms with van der Waals surface area (Å²) in [5.41, 5.74) is 2.16. The van der Waals surface area contributed by atoms with Crippen molar-refractivity contribution in [2.24, 2.45) is 0 Å². The van der Waals surface area contributed by atoms with Crippen LogP contribution in [0, 0.1) is 0 Å². The van der Waals surface area contributed by atoms with E-state index in [0.29, 0.717) is 5.75 Å². The summed E-state index contributed by atoms with van der Waals surface area (Å²) in [7, 11) is 0. The van der Waals surface area contributed by atoms with Crippen molar-refractivity contribution >= 4 is 0 Å². The number of fused-ring (bicyclic) bond motifs is 1. The standard InChI is InChI=1S/C18H25N3O/c1-2-16(15-7-3-4-8-17(15)22)19-11-10-14-13-21-12-6-5-9-18(21)20-14/h3-4,7-8,13,16,19,22H,2,5-6,9-12H2,1H3. The van der Waals surface area contributed by atoms with E-state index < -0.39 is 0 Å². The zero-order chi connectivity index (χ0) is 15.4. The lowest BCUT2D eigenvalue weighted by Gasteiger charge is -2.18. The summed E-state index contributed by atoms with van der Waals surface area (Å²) in [5.74, 6) is 1.62. The molecule has 1 unspecified atom stereocenters. The van der Waals surface area contributed by atoms with Crippen LogP contribution in [-0.2, 0) is 19.4 Å². The van der Waals surface area contributed by atoms with Crippen molar-refractivity contribution in [1.29, 1.82) is 0 Å². The van der Waals surface area contributed by atoms with Gasteiger partial charge in [-0.1, -0.05) is 25.1 Å². The maximum atomic E-state index is 9.98. The lowest BCUT2D eigenvalue weighted by molar-refractivity contribution is 0.442. The van der Waals surface area contributed by atoms with E-state index in [1.165, 1.54) is 24.4 Å². The van der Waals surface area contributed by atoms with Crippen molar-refractivity contribution in [2.45, 2.75) is 51.6 Å². The number of hydrogen-bond acceptors (Lipinski definition) is 3. The van der Waals surface area contributed by atoms with Crippen LogP contribution in [0.4, 0.5) is 0 Å². The number of nitrogens with one attached hydrogen (secondary N) is 1. The molecular formula is C18H25N3O. The zero-order valence-electron chi connectivity index (χ0n) is 13.3. The minimum Gasteiger partial charge on any atom is -0.508 e. The van der Waals surface area contributed by atoms with E-state index in [-0.39, 0.29) is 6.04 Å². The Kier molecular flexibility index (Phi) is 4.78. The Bertz CT molecular complexity index is 597. The molecule has 0 spiro atoms. The molecule has 3 rings (SSSR count). The van der Waals surface area contributed by atoms with E-state index in [0.717, 1.165) is 37.9 Å². The van der Waals surface area contributed by atoms with Crippen LogP contribution in [0.3, 0.4) is 0 Å². The van der Waals surface area contributed by atoms with Gasteiger partial charge in [0, 0.05) is 43.7 Å². The Balaban J connectivity index is 1.57. The Hall–Kier alpha value is -1.81. The van der Waals surface area contributed by atoms with Gasteiger partial charge in [0.25, 0.3) is 0 Å². The molecule has 22 heavy (non-hydrogen) atoms. The highest BCUT2D eigenvalue weighted by atomic mass is 16.3. The van der Waals surface area contributed by atoms with Gasteiger partial charge in [0.1, 0.15) is 11.6 Å². The van der Waals surface area contributed by atoms with Crippen LogP contribution in [0.25, 0.3) is 0 Å². The SMILES string of the molecule is CCC(NCCc1cn2c(n1)CCCC2)c1ccccc1O. The molecule has 1 aliphatic heterocycles. The Morgan fingerprint density at radius 3 is 2.95 bits per heavy atom. The van der Waals surface area contributed by atoms with Crippen molar-refractivity contribution < 1.29 is 5.11 Å². The number of phenolic OH excluding ortho intramolecular Hbond substituents is 1. The van der Waals surface area contributed by atoms with Crippen LogP contribution in [-0.4, -0.2) is 21.2 Å². The third-order valence-electron chi connectivity index (χ3n) is 4.45.